The van der Waals surface area contributed by atoms with Crippen molar-refractivity contribution in [3.8, 4) is 10.4 Å². The van der Waals surface area contributed by atoms with Crippen molar-refractivity contribution >= 4 is 29.0 Å². The fraction of sp³-hybridized carbons (Fsp3) is 0.143. The Morgan fingerprint density at radius 2 is 1.94 bits per heavy atom. The van der Waals surface area contributed by atoms with Gasteiger partial charge in [0.2, 0.25) is 0 Å². The van der Waals surface area contributed by atoms with E-state index in [9.17, 15) is 0 Å². The fourth-order valence-electron chi connectivity index (χ4n) is 1.50. The summed E-state index contributed by atoms with van der Waals surface area (Å²) in [6.45, 7) is 0.897. The highest BCUT2D eigenvalue weighted by molar-refractivity contribution is 7.16. The highest BCUT2D eigenvalue weighted by Gasteiger charge is 2.00. The van der Waals surface area contributed by atoms with Gasteiger partial charge in [-0.2, -0.15) is 0 Å². The Hall–Kier alpha value is -1.09. The molecule has 1 heterocycles. The van der Waals surface area contributed by atoms with E-state index >= 15 is 0 Å². The summed E-state index contributed by atoms with van der Waals surface area (Å²) in [5.74, 6) is 0. The normalized spacial score (nSPS) is 11.2. The molecule has 1 aromatic carbocycles. The summed E-state index contributed by atoms with van der Waals surface area (Å²) in [7, 11) is 1.94. The van der Waals surface area contributed by atoms with E-state index in [1.165, 1.54) is 15.3 Å². The second kappa shape index (κ2) is 6.01. The molecule has 0 aliphatic heterocycles. The van der Waals surface area contributed by atoms with Crippen molar-refractivity contribution < 1.29 is 0 Å². The molecule has 0 amide bonds. The van der Waals surface area contributed by atoms with Crippen molar-refractivity contribution in [2.75, 3.05) is 13.6 Å². The lowest BCUT2D eigenvalue weighted by atomic mass is 10.2. The van der Waals surface area contributed by atoms with Crippen LogP contribution in [0.4, 0.5) is 0 Å². The predicted octanol–water partition coefficient (Wildman–Crippen LogP) is 4.30. The predicted molar refractivity (Wildman–Crippen MR) is 77.7 cm³/mol. The molecule has 0 aliphatic carbocycles. The van der Waals surface area contributed by atoms with Crippen LogP contribution in [0.1, 0.15) is 4.88 Å². The first-order valence-electron chi connectivity index (χ1n) is 5.46. The quantitative estimate of drug-likeness (QED) is 0.867. The second-order valence-electron chi connectivity index (χ2n) is 3.67. The van der Waals surface area contributed by atoms with Gasteiger partial charge in [-0.1, -0.05) is 29.8 Å². The Morgan fingerprint density at radius 3 is 2.65 bits per heavy atom. The molecule has 0 unspecified atom stereocenters. The van der Waals surface area contributed by atoms with Gasteiger partial charge in [-0.3, -0.25) is 0 Å². The first kappa shape index (κ1) is 12.4. The Kier molecular flexibility index (Phi) is 4.37. The molecular weight excluding hydrogens is 250 g/mol. The summed E-state index contributed by atoms with van der Waals surface area (Å²) in [4.78, 5) is 2.54. The van der Waals surface area contributed by atoms with Crippen LogP contribution in [-0.2, 0) is 0 Å². The summed E-state index contributed by atoms with van der Waals surface area (Å²) in [6, 6.07) is 12.2. The maximum Gasteiger partial charge on any atom is 0.0406 e. The zero-order valence-corrected chi connectivity index (χ0v) is 11.2. The van der Waals surface area contributed by atoms with E-state index in [4.69, 9.17) is 11.6 Å². The molecule has 1 aromatic heterocycles. The van der Waals surface area contributed by atoms with Crippen LogP contribution in [0.15, 0.2) is 42.5 Å². The number of benzene rings is 1. The molecule has 0 radical (unpaired) electrons. The molecule has 0 saturated carbocycles. The number of rotatable bonds is 4. The minimum Gasteiger partial charge on any atom is -0.316 e. The molecule has 0 spiro atoms. The van der Waals surface area contributed by atoms with Crippen LogP contribution in [-0.4, -0.2) is 13.6 Å². The number of thiophene rings is 1. The van der Waals surface area contributed by atoms with Gasteiger partial charge in [0.25, 0.3) is 0 Å². The molecule has 17 heavy (non-hydrogen) atoms. The van der Waals surface area contributed by atoms with E-state index in [1.807, 2.05) is 19.2 Å². The summed E-state index contributed by atoms with van der Waals surface area (Å²) >= 11 is 7.66. The van der Waals surface area contributed by atoms with E-state index in [0.717, 1.165) is 11.6 Å². The molecule has 0 aliphatic rings. The SMILES string of the molecule is CNCC=Cc1ccc(-c2ccc(Cl)cc2)s1. The topological polar surface area (TPSA) is 12.0 Å². The number of likely N-dealkylation sites (N-methyl/N-ethyl adjacent to an activating group) is 1. The van der Waals surface area contributed by atoms with Crippen LogP contribution < -0.4 is 5.32 Å². The lowest BCUT2D eigenvalue weighted by Crippen LogP contribution is -2.03. The van der Waals surface area contributed by atoms with Crippen LogP contribution in [0.2, 0.25) is 5.02 Å². The van der Waals surface area contributed by atoms with Gasteiger partial charge in [-0.05, 0) is 43.0 Å². The highest BCUT2D eigenvalue weighted by Crippen LogP contribution is 2.29. The van der Waals surface area contributed by atoms with Crippen LogP contribution in [0.25, 0.3) is 16.5 Å². The molecule has 0 bridgehead atoms. The fourth-order valence-corrected chi connectivity index (χ4v) is 2.57. The van der Waals surface area contributed by atoms with E-state index in [0.29, 0.717) is 0 Å². The lowest BCUT2D eigenvalue weighted by Gasteiger charge is -1.96. The van der Waals surface area contributed by atoms with Gasteiger partial charge in [0.15, 0.2) is 0 Å². The van der Waals surface area contributed by atoms with Gasteiger partial charge >= 0.3 is 0 Å². The monoisotopic (exact) mass is 263 g/mol. The average Bonchev–Trinajstić information content (AvgIpc) is 2.79. The number of hydrogen-bond acceptors (Lipinski definition) is 2. The van der Waals surface area contributed by atoms with Crippen LogP contribution in [0.5, 0.6) is 0 Å². The first-order chi connectivity index (χ1) is 8.29. The standard InChI is InChI=1S/C14H14ClNS/c1-16-10-2-3-13-8-9-14(17-13)11-4-6-12(15)7-5-11/h2-9,16H,10H2,1H3. The second-order valence-corrected chi connectivity index (χ2v) is 5.22. The van der Waals surface area contributed by atoms with E-state index in [1.54, 1.807) is 11.3 Å². The molecule has 88 valence electrons. The van der Waals surface area contributed by atoms with Gasteiger partial charge in [0.05, 0.1) is 0 Å². The van der Waals surface area contributed by atoms with Crippen molar-refractivity contribution in [3.63, 3.8) is 0 Å². The molecule has 1 N–H and O–H groups in total. The Morgan fingerprint density at radius 1 is 1.18 bits per heavy atom. The summed E-state index contributed by atoms with van der Waals surface area (Å²) in [5.41, 5.74) is 1.22. The van der Waals surface area contributed by atoms with Crippen LogP contribution in [0.3, 0.4) is 0 Å². The smallest absolute Gasteiger partial charge is 0.0406 e. The summed E-state index contributed by atoms with van der Waals surface area (Å²) < 4.78 is 0. The Labute approximate surface area is 111 Å². The van der Waals surface area contributed by atoms with Gasteiger partial charge < -0.3 is 5.32 Å². The maximum atomic E-state index is 5.87. The van der Waals surface area contributed by atoms with Crippen molar-refractivity contribution in [1.29, 1.82) is 0 Å². The highest BCUT2D eigenvalue weighted by atomic mass is 35.5. The molecule has 0 atom stereocenters. The Bertz CT molecular complexity index is 499. The zero-order chi connectivity index (χ0) is 12.1. The van der Waals surface area contributed by atoms with Gasteiger partial charge in [0.1, 0.15) is 0 Å². The van der Waals surface area contributed by atoms with Crippen molar-refractivity contribution in [2.24, 2.45) is 0 Å². The minimum atomic E-state index is 0.777. The summed E-state index contributed by atoms with van der Waals surface area (Å²) in [5, 5.41) is 3.86. The van der Waals surface area contributed by atoms with Crippen molar-refractivity contribution in [3.05, 3.63) is 52.4 Å². The molecule has 3 heteroatoms. The van der Waals surface area contributed by atoms with E-state index < -0.39 is 0 Å². The van der Waals surface area contributed by atoms with Gasteiger partial charge in [-0.25, -0.2) is 0 Å². The minimum absolute atomic E-state index is 0.777. The largest absolute Gasteiger partial charge is 0.316 e. The van der Waals surface area contributed by atoms with E-state index in [2.05, 4.69) is 41.7 Å². The average molecular weight is 264 g/mol. The lowest BCUT2D eigenvalue weighted by molar-refractivity contribution is 0.922. The summed E-state index contributed by atoms with van der Waals surface area (Å²) in [6.07, 6.45) is 4.26. The van der Waals surface area contributed by atoms with E-state index in [-0.39, 0.29) is 0 Å². The van der Waals surface area contributed by atoms with Crippen LogP contribution in [0, 0.1) is 0 Å². The van der Waals surface area contributed by atoms with Gasteiger partial charge in [-0.15, -0.1) is 11.3 Å². The third-order valence-electron chi connectivity index (χ3n) is 2.36. The van der Waals surface area contributed by atoms with Crippen LogP contribution >= 0.6 is 22.9 Å². The van der Waals surface area contributed by atoms with Crippen molar-refractivity contribution in [2.45, 2.75) is 0 Å². The van der Waals surface area contributed by atoms with Crippen molar-refractivity contribution in [1.82, 2.24) is 5.32 Å². The number of halogens is 1. The Balaban J connectivity index is 2.15. The maximum absolute atomic E-state index is 5.87. The molecule has 1 nitrogen and oxygen atoms in total. The number of hydrogen-bond donors (Lipinski definition) is 1. The van der Waals surface area contributed by atoms with Gasteiger partial charge in [0, 0.05) is 21.3 Å². The molecule has 2 rings (SSSR count). The third-order valence-corrected chi connectivity index (χ3v) is 3.71. The molecule has 0 saturated heterocycles. The molecule has 2 aromatic rings. The molecule has 0 fully saturated rings. The third kappa shape index (κ3) is 3.43. The first-order valence-corrected chi connectivity index (χ1v) is 6.66. The zero-order valence-electron chi connectivity index (χ0n) is 9.61. The number of nitrogens with one attached hydrogen (secondary N) is 1. The molecular formula is C14H14ClNS.